The molecule has 1 radical (unpaired) electrons. The number of aliphatic hydroxyl groups is 6. The zero-order chi connectivity index (χ0) is 13.4. The fourth-order valence-electron chi connectivity index (χ4n) is 2.26. The maximum absolute atomic E-state index is 9.75. The van der Waals surface area contributed by atoms with Gasteiger partial charge in [0.25, 0.3) is 0 Å². The Labute approximate surface area is 103 Å². The molecule has 6 N–H and O–H groups in total. The van der Waals surface area contributed by atoms with Gasteiger partial charge in [0.1, 0.15) is 42.7 Å². The van der Waals surface area contributed by atoms with Gasteiger partial charge in [0.2, 0.25) is 0 Å². The molecule has 2 aliphatic rings. The topological polar surface area (TPSA) is 140 Å². The molecule has 2 fully saturated rings. The minimum Gasteiger partial charge on any atom is -0.394 e. The number of rotatable bonds is 3. The maximum Gasteiger partial charge on any atom is 0.156 e. The summed E-state index contributed by atoms with van der Waals surface area (Å²) in [5, 5.41) is 56.4. The van der Waals surface area contributed by atoms with Gasteiger partial charge in [0.05, 0.1) is 13.2 Å². The normalized spacial score (nSPS) is 50.0. The lowest BCUT2D eigenvalue weighted by Crippen LogP contribution is -2.41. The smallest absolute Gasteiger partial charge is 0.156 e. The van der Waals surface area contributed by atoms with Crippen molar-refractivity contribution in [3.8, 4) is 0 Å². The largest absolute Gasteiger partial charge is 0.394 e. The van der Waals surface area contributed by atoms with Crippen molar-refractivity contribution < 1.29 is 40.1 Å². The van der Waals surface area contributed by atoms with Gasteiger partial charge in [0, 0.05) is 0 Å². The molecule has 2 aliphatic heterocycles. The monoisotopic (exact) mass is 265 g/mol. The van der Waals surface area contributed by atoms with E-state index in [0.29, 0.717) is 0 Å². The zero-order valence-electron chi connectivity index (χ0n) is 9.46. The van der Waals surface area contributed by atoms with E-state index in [2.05, 4.69) is 0 Å². The van der Waals surface area contributed by atoms with E-state index in [9.17, 15) is 20.4 Å². The highest BCUT2D eigenvalue weighted by Gasteiger charge is 2.54. The summed E-state index contributed by atoms with van der Waals surface area (Å²) in [5.74, 6) is 0. The lowest BCUT2D eigenvalue weighted by molar-refractivity contribution is -0.109. The average molecular weight is 265 g/mol. The zero-order valence-corrected chi connectivity index (χ0v) is 9.46. The Balaban J connectivity index is 2.09. The van der Waals surface area contributed by atoms with Crippen LogP contribution in [0.3, 0.4) is 0 Å². The third-order valence-electron chi connectivity index (χ3n) is 3.33. The Morgan fingerprint density at radius 1 is 0.889 bits per heavy atom. The van der Waals surface area contributed by atoms with Crippen LogP contribution in [0.2, 0.25) is 0 Å². The number of ether oxygens (including phenoxy) is 2. The molecule has 2 heterocycles. The second kappa shape index (κ2) is 5.35. The Morgan fingerprint density at radius 2 is 1.50 bits per heavy atom. The maximum atomic E-state index is 9.75. The fraction of sp³-hybridized carbons (Fsp3) is 0.900. The van der Waals surface area contributed by atoms with Gasteiger partial charge in [-0.2, -0.15) is 0 Å². The predicted molar refractivity (Wildman–Crippen MR) is 54.7 cm³/mol. The molecule has 8 heteroatoms. The van der Waals surface area contributed by atoms with Crippen molar-refractivity contribution in [3.63, 3.8) is 0 Å². The van der Waals surface area contributed by atoms with Gasteiger partial charge < -0.3 is 40.1 Å². The highest BCUT2D eigenvalue weighted by Crippen LogP contribution is 2.35. The Hall–Kier alpha value is -0.320. The molecule has 2 saturated heterocycles. The molecule has 0 bridgehead atoms. The lowest BCUT2D eigenvalue weighted by Gasteiger charge is -2.23. The van der Waals surface area contributed by atoms with Crippen molar-refractivity contribution in [1.82, 2.24) is 0 Å². The van der Waals surface area contributed by atoms with E-state index in [1.165, 1.54) is 0 Å². The SMILES string of the molecule is OC[C@H]1OC(C2O[C@H](CO)[C@@H](O)[C]2O)[C@H](O)[C@@H]1O. The van der Waals surface area contributed by atoms with E-state index in [1.807, 2.05) is 0 Å². The summed E-state index contributed by atoms with van der Waals surface area (Å²) in [6, 6.07) is 0. The van der Waals surface area contributed by atoms with Crippen LogP contribution in [0.15, 0.2) is 0 Å². The summed E-state index contributed by atoms with van der Waals surface area (Å²) in [7, 11) is 0. The van der Waals surface area contributed by atoms with Crippen LogP contribution in [-0.4, -0.2) is 86.6 Å². The third-order valence-corrected chi connectivity index (χ3v) is 3.33. The second-order valence-corrected chi connectivity index (χ2v) is 4.45. The lowest BCUT2D eigenvalue weighted by atomic mass is 9.99. The Morgan fingerprint density at radius 3 is 1.94 bits per heavy atom. The van der Waals surface area contributed by atoms with Crippen molar-refractivity contribution in [1.29, 1.82) is 0 Å². The van der Waals surface area contributed by atoms with E-state index in [-0.39, 0.29) is 0 Å². The van der Waals surface area contributed by atoms with Crippen molar-refractivity contribution in [2.45, 2.75) is 42.7 Å². The van der Waals surface area contributed by atoms with Crippen LogP contribution in [0.4, 0.5) is 0 Å². The van der Waals surface area contributed by atoms with E-state index >= 15 is 0 Å². The fourth-order valence-corrected chi connectivity index (χ4v) is 2.26. The second-order valence-electron chi connectivity index (χ2n) is 4.45. The summed E-state index contributed by atoms with van der Waals surface area (Å²) in [5.41, 5.74) is 0. The molecule has 0 aromatic carbocycles. The molecular formula is C10H17O8. The first kappa shape index (κ1) is 14.1. The van der Waals surface area contributed by atoms with Crippen LogP contribution in [0, 0.1) is 6.10 Å². The van der Waals surface area contributed by atoms with Crippen LogP contribution in [-0.2, 0) is 9.47 Å². The molecule has 8 nitrogen and oxygen atoms in total. The van der Waals surface area contributed by atoms with Gasteiger partial charge in [-0.05, 0) is 0 Å². The van der Waals surface area contributed by atoms with E-state index in [1.54, 1.807) is 0 Å². The van der Waals surface area contributed by atoms with Gasteiger partial charge >= 0.3 is 0 Å². The molecule has 0 spiro atoms. The Bertz CT molecular complexity index is 259. The summed E-state index contributed by atoms with van der Waals surface area (Å²) >= 11 is 0. The van der Waals surface area contributed by atoms with E-state index < -0.39 is 62.0 Å². The molecule has 18 heavy (non-hydrogen) atoms. The third kappa shape index (κ3) is 2.15. The minimum atomic E-state index is -1.37. The predicted octanol–water partition coefficient (Wildman–Crippen LogP) is -3.51. The molecule has 0 aromatic heterocycles. The molecule has 105 valence electrons. The number of hydrogen-bond donors (Lipinski definition) is 6. The van der Waals surface area contributed by atoms with Crippen LogP contribution in [0.1, 0.15) is 0 Å². The van der Waals surface area contributed by atoms with Crippen LogP contribution < -0.4 is 0 Å². The van der Waals surface area contributed by atoms with Gasteiger partial charge in [-0.3, -0.25) is 0 Å². The summed E-state index contributed by atoms with van der Waals surface area (Å²) in [6.45, 7) is -0.995. The van der Waals surface area contributed by atoms with Crippen LogP contribution >= 0.6 is 0 Å². The summed E-state index contributed by atoms with van der Waals surface area (Å²) in [6.07, 6.45) is -8.75. The average Bonchev–Trinajstić information content (AvgIpc) is 2.81. The summed E-state index contributed by atoms with van der Waals surface area (Å²) in [4.78, 5) is 0. The van der Waals surface area contributed by atoms with Gasteiger partial charge in [0.15, 0.2) is 6.10 Å². The van der Waals surface area contributed by atoms with Gasteiger partial charge in [-0.15, -0.1) is 0 Å². The molecular weight excluding hydrogens is 248 g/mol. The quantitative estimate of drug-likeness (QED) is 0.309. The van der Waals surface area contributed by atoms with Gasteiger partial charge in [-0.1, -0.05) is 0 Å². The number of hydrogen-bond acceptors (Lipinski definition) is 8. The highest BCUT2D eigenvalue weighted by atomic mass is 16.6. The summed E-state index contributed by atoms with van der Waals surface area (Å²) < 4.78 is 10.3. The van der Waals surface area contributed by atoms with Crippen molar-refractivity contribution in [2.24, 2.45) is 0 Å². The van der Waals surface area contributed by atoms with Gasteiger partial charge in [-0.25, -0.2) is 0 Å². The Kier molecular flexibility index (Phi) is 4.19. The van der Waals surface area contributed by atoms with Crippen molar-refractivity contribution in [3.05, 3.63) is 6.10 Å². The standard InChI is InChI=1S/C10H17O8/c11-1-3-5(13)7(15)9(17-3)10-8(16)6(14)4(2-12)18-10/h3-7,9-16H,1-2H2/t3-,4-,5-,6-,7-,9?,10?/m1/s1. The first-order chi connectivity index (χ1) is 8.51. The van der Waals surface area contributed by atoms with Crippen LogP contribution in [0.5, 0.6) is 0 Å². The van der Waals surface area contributed by atoms with Crippen molar-refractivity contribution in [2.75, 3.05) is 13.2 Å². The first-order valence-electron chi connectivity index (χ1n) is 5.63. The molecule has 0 saturated carbocycles. The molecule has 2 unspecified atom stereocenters. The van der Waals surface area contributed by atoms with Crippen molar-refractivity contribution >= 4 is 0 Å². The minimum absolute atomic E-state index is 0.469. The molecule has 0 amide bonds. The highest BCUT2D eigenvalue weighted by molar-refractivity contribution is 5.10. The van der Waals surface area contributed by atoms with E-state index in [0.717, 1.165) is 0 Å². The molecule has 0 aliphatic carbocycles. The van der Waals surface area contributed by atoms with Crippen LogP contribution in [0.25, 0.3) is 0 Å². The first-order valence-corrected chi connectivity index (χ1v) is 5.63. The number of aliphatic hydroxyl groups excluding tert-OH is 6. The molecule has 2 rings (SSSR count). The van der Waals surface area contributed by atoms with E-state index in [4.69, 9.17) is 19.7 Å². The molecule has 7 atom stereocenters. The molecule has 0 aromatic rings.